The van der Waals surface area contributed by atoms with Gasteiger partial charge >= 0.3 is 0 Å². The van der Waals surface area contributed by atoms with Gasteiger partial charge in [0.1, 0.15) is 0 Å². The second-order valence-electron chi connectivity index (χ2n) is 3.08. The molecule has 1 rings (SSSR count). The summed E-state index contributed by atoms with van der Waals surface area (Å²) in [6, 6.07) is 0.275. The van der Waals surface area contributed by atoms with Gasteiger partial charge in [-0.1, -0.05) is 0 Å². The van der Waals surface area contributed by atoms with Crippen LogP contribution in [0.2, 0.25) is 0 Å². The van der Waals surface area contributed by atoms with E-state index in [0.717, 1.165) is 12.2 Å². The van der Waals surface area contributed by atoms with Crippen molar-refractivity contribution in [2.24, 2.45) is 5.73 Å². The molecule has 1 aromatic heterocycles. The molecule has 2 N–H and O–H groups in total. The highest BCUT2D eigenvalue weighted by atomic mass is 15.1. The van der Waals surface area contributed by atoms with E-state index in [1.54, 1.807) is 18.6 Å². The van der Waals surface area contributed by atoms with E-state index in [9.17, 15) is 0 Å². The Morgan fingerprint density at radius 2 is 2.31 bits per heavy atom. The second-order valence-corrected chi connectivity index (χ2v) is 3.08. The fourth-order valence-corrected chi connectivity index (χ4v) is 1.15. The average Bonchev–Trinajstić information content (AvgIpc) is 2.18. The normalized spacial score (nSPS) is 13.2. The zero-order valence-corrected chi connectivity index (χ0v) is 8.14. The largest absolute Gasteiger partial charge is 0.329 e. The van der Waals surface area contributed by atoms with Crippen LogP contribution in [0.15, 0.2) is 18.6 Å². The fourth-order valence-electron chi connectivity index (χ4n) is 1.15. The molecule has 72 valence electrons. The van der Waals surface area contributed by atoms with Gasteiger partial charge in [0, 0.05) is 31.7 Å². The van der Waals surface area contributed by atoms with Crippen LogP contribution in [0.4, 0.5) is 0 Å². The number of likely N-dealkylation sites (N-methyl/N-ethyl adjacent to an activating group) is 1. The van der Waals surface area contributed by atoms with E-state index >= 15 is 0 Å². The van der Waals surface area contributed by atoms with Crippen molar-refractivity contribution in [2.45, 2.75) is 13.0 Å². The minimum atomic E-state index is 0.275. The first kappa shape index (κ1) is 10.1. The van der Waals surface area contributed by atoms with Crippen molar-refractivity contribution in [1.82, 2.24) is 14.9 Å². The molecule has 0 radical (unpaired) electrons. The Labute approximate surface area is 78.8 Å². The molecule has 0 unspecified atom stereocenters. The first-order valence-corrected chi connectivity index (χ1v) is 4.42. The fraction of sp³-hybridized carbons (Fsp3) is 0.556. The predicted octanol–water partition coefficient (Wildman–Crippen LogP) is 0.428. The molecule has 1 aromatic rings. The molecule has 1 heterocycles. The Morgan fingerprint density at radius 3 is 2.85 bits per heavy atom. The molecule has 0 fully saturated rings. The highest BCUT2D eigenvalue weighted by molar-refractivity contribution is 5.00. The second kappa shape index (κ2) is 4.89. The molecule has 4 heteroatoms. The van der Waals surface area contributed by atoms with Gasteiger partial charge in [0.05, 0.1) is 11.7 Å². The molecule has 0 spiro atoms. The molecule has 0 bridgehead atoms. The predicted molar refractivity (Wildman–Crippen MR) is 52.1 cm³/mol. The summed E-state index contributed by atoms with van der Waals surface area (Å²) in [5, 5.41) is 0. The monoisotopic (exact) mass is 180 g/mol. The van der Waals surface area contributed by atoms with Gasteiger partial charge in [-0.25, -0.2) is 0 Å². The lowest BCUT2D eigenvalue weighted by molar-refractivity contribution is 0.264. The number of rotatable bonds is 4. The lowest BCUT2D eigenvalue weighted by Crippen LogP contribution is -2.28. The number of hydrogen-bond donors (Lipinski definition) is 1. The molecule has 4 nitrogen and oxygen atoms in total. The van der Waals surface area contributed by atoms with Crippen molar-refractivity contribution in [3.63, 3.8) is 0 Å². The van der Waals surface area contributed by atoms with Gasteiger partial charge in [-0.15, -0.1) is 0 Å². The lowest BCUT2D eigenvalue weighted by Gasteiger charge is -2.22. The van der Waals surface area contributed by atoms with E-state index in [2.05, 4.69) is 21.8 Å². The highest BCUT2D eigenvalue weighted by Crippen LogP contribution is 2.13. The van der Waals surface area contributed by atoms with Crippen molar-refractivity contribution >= 4 is 0 Å². The van der Waals surface area contributed by atoms with Crippen LogP contribution in [-0.2, 0) is 0 Å². The summed E-state index contributed by atoms with van der Waals surface area (Å²) in [5.74, 6) is 0. The Hall–Kier alpha value is -1.00. The molecular weight excluding hydrogens is 164 g/mol. The van der Waals surface area contributed by atoms with Crippen molar-refractivity contribution in [3.05, 3.63) is 24.3 Å². The van der Waals surface area contributed by atoms with Crippen LogP contribution >= 0.6 is 0 Å². The van der Waals surface area contributed by atoms with Crippen LogP contribution in [-0.4, -0.2) is 35.0 Å². The minimum absolute atomic E-state index is 0.275. The maximum Gasteiger partial charge on any atom is 0.0755 e. The van der Waals surface area contributed by atoms with Crippen molar-refractivity contribution in [1.29, 1.82) is 0 Å². The SMILES string of the molecule is C[C@@H](c1cnccn1)N(C)CCN. The van der Waals surface area contributed by atoms with Gasteiger partial charge in [-0.2, -0.15) is 0 Å². The van der Waals surface area contributed by atoms with Gasteiger partial charge < -0.3 is 5.73 Å². The number of nitrogens with two attached hydrogens (primary N) is 1. The molecule has 0 saturated heterocycles. The molecule has 0 saturated carbocycles. The van der Waals surface area contributed by atoms with Gasteiger partial charge in [0.25, 0.3) is 0 Å². The van der Waals surface area contributed by atoms with Crippen molar-refractivity contribution in [3.8, 4) is 0 Å². The molecular formula is C9H16N4. The van der Waals surface area contributed by atoms with Crippen LogP contribution in [0.3, 0.4) is 0 Å². The third kappa shape index (κ3) is 2.75. The van der Waals surface area contributed by atoms with Crippen molar-refractivity contribution in [2.75, 3.05) is 20.1 Å². The van der Waals surface area contributed by atoms with Crippen LogP contribution in [0, 0.1) is 0 Å². The number of aromatic nitrogens is 2. The van der Waals surface area contributed by atoms with E-state index in [-0.39, 0.29) is 6.04 Å². The zero-order chi connectivity index (χ0) is 9.68. The van der Waals surface area contributed by atoms with E-state index in [1.165, 1.54) is 0 Å². The molecule has 1 atom stereocenters. The first-order chi connectivity index (χ1) is 6.25. The highest BCUT2D eigenvalue weighted by Gasteiger charge is 2.11. The first-order valence-electron chi connectivity index (χ1n) is 4.42. The zero-order valence-electron chi connectivity index (χ0n) is 8.14. The maximum atomic E-state index is 5.47. The van der Waals surface area contributed by atoms with E-state index in [1.807, 2.05) is 7.05 Å². The van der Waals surface area contributed by atoms with Gasteiger partial charge in [0.2, 0.25) is 0 Å². The van der Waals surface area contributed by atoms with Crippen LogP contribution in [0.5, 0.6) is 0 Å². The summed E-state index contributed by atoms with van der Waals surface area (Å²) >= 11 is 0. The molecule has 0 aliphatic rings. The number of hydrogen-bond acceptors (Lipinski definition) is 4. The van der Waals surface area contributed by atoms with Gasteiger partial charge in [0.15, 0.2) is 0 Å². The van der Waals surface area contributed by atoms with Crippen LogP contribution in [0.1, 0.15) is 18.7 Å². The summed E-state index contributed by atoms with van der Waals surface area (Å²) in [5.41, 5.74) is 6.45. The van der Waals surface area contributed by atoms with E-state index in [0.29, 0.717) is 6.54 Å². The smallest absolute Gasteiger partial charge is 0.0755 e. The van der Waals surface area contributed by atoms with E-state index < -0.39 is 0 Å². The Bertz CT molecular complexity index is 237. The summed E-state index contributed by atoms with van der Waals surface area (Å²) in [6.45, 7) is 3.64. The minimum Gasteiger partial charge on any atom is -0.329 e. The Morgan fingerprint density at radius 1 is 1.54 bits per heavy atom. The summed E-state index contributed by atoms with van der Waals surface area (Å²) in [6.07, 6.45) is 5.18. The van der Waals surface area contributed by atoms with Gasteiger partial charge in [-0.05, 0) is 14.0 Å². The summed E-state index contributed by atoms with van der Waals surface area (Å²) in [4.78, 5) is 10.4. The standard InChI is InChI=1S/C9H16N4/c1-8(13(2)6-3-10)9-7-11-4-5-12-9/h4-5,7-8H,3,6,10H2,1-2H3/t8-/m0/s1. The Kier molecular flexibility index (Phi) is 3.79. The topological polar surface area (TPSA) is 55.0 Å². The van der Waals surface area contributed by atoms with Gasteiger partial charge in [-0.3, -0.25) is 14.9 Å². The number of nitrogens with zero attached hydrogens (tertiary/aromatic N) is 3. The van der Waals surface area contributed by atoms with Crippen LogP contribution < -0.4 is 5.73 Å². The van der Waals surface area contributed by atoms with Crippen molar-refractivity contribution < 1.29 is 0 Å². The molecule has 13 heavy (non-hydrogen) atoms. The lowest BCUT2D eigenvalue weighted by atomic mass is 10.2. The third-order valence-electron chi connectivity index (χ3n) is 2.15. The molecule has 0 aromatic carbocycles. The quantitative estimate of drug-likeness (QED) is 0.730. The molecule has 0 aliphatic carbocycles. The maximum absolute atomic E-state index is 5.47. The van der Waals surface area contributed by atoms with Crippen LogP contribution in [0.25, 0.3) is 0 Å². The molecule has 0 aliphatic heterocycles. The summed E-state index contributed by atoms with van der Waals surface area (Å²) in [7, 11) is 2.03. The van der Waals surface area contributed by atoms with E-state index in [4.69, 9.17) is 5.73 Å². The third-order valence-corrected chi connectivity index (χ3v) is 2.15. The summed E-state index contributed by atoms with van der Waals surface area (Å²) < 4.78 is 0. The Balaban J connectivity index is 2.62. The molecule has 0 amide bonds. The average molecular weight is 180 g/mol.